The molecule has 0 spiro atoms. The first-order valence-corrected chi connectivity index (χ1v) is 8.21. The minimum atomic E-state index is -1.13. The van der Waals surface area contributed by atoms with Crippen LogP contribution in [0, 0.1) is 0 Å². The van der Waals surface area contributed by atoms with E-state index in [1.54, 1.807) is 50.2 Å². The van der Waals surface area contributed by atoms with Crippen molar-refractivity contribution in [1.29, 1.82) is 0 Å². The number of nitrogens with zero attached hydrogens (tertiary/aromatic N) is 1. The van der Waals surface area contributed by atoms with E-state index >= 15 is 0 Å². The number of rotatable bonds is 5. The molecular formula is C17H16BrClN2O3. The fourth-order valence-electron chi connectivity index (χ4n) is 1.77. The van der Waals surface area contributed by atoms with Gasteiger partial charge in [0.15, 0.2) is 5.60 Å². The third-order valence-corrected chi connectivity index (χ3v) is 3.84. The van der Waals surface area contributed by atoms with Crippen molar-refractivity contribution in [3.63, 3.8) is 0 Å². The molecule has 0 radical (unpaired) electrons. The fourth-order valence-corrected chi connectivity index (χ4v) is 2.27. The largest absolute Gasteiger partial charge is 0.507 e. The van der Waals surface area contributed by atoms with E-state index in [4.69, 9.17) is 16.3 Å². The van der Waals surface area contributed by atoms with Gasteiger partial charge in [-0.2, -0.15) is 5.10 Å². The summed E-state index contributed by atoms with van der Waals surface area (Å²) in [5.74, 6) is 0.157. The number of benzene rings is 2. The van der Waals surface area contributed by atoms with Gasteiger partial charge in [0, 0.05) is 15.1 Å². The van der Waals surface area contributed by atoms with E-state index < -0.39 is 11.5 Å². The number of hydrazone groups is 1. The van der Waals surface area contributed by atoms with Crippen LogP contribution in [-0.4, -0.2) is 22.8 Å². The summed E-state index contributed by atoms with van der Waals surface area (Å²) in [6, 6.07) is 11.6. The molecule has 0 aliphatic carbocycles. The third-order valence-electron chi connectivity index (χ3n) is 3.09. The highest BCUT2D eigenvalue weighted by Crippen LogP contribution is 2.21. The van der Waals surface area contributed by atoms with Crippen molar-refractivity contribution in [2.75, 3.05) is 0 Å². The molecule has 2 aromatic carbocycles. The molecule has 0 aromatic heterocycles. The molecule has 0 unspecified atom stereocenters. The predicted molar refractivity (Wildman–Crippen MR) is 97.7 cm³/mol. The highest BCUT2D eigenvalue weighted by atomic mass is 79.9. The number of phenols is 1. The first kappa shape index (κ1) is 18.3. The Balaban J connectivity index is 2.01. The molecule has 2 aromatic rings. The summed E-state index contributed by atoms with van der Waals surface area (Å²) in [5.41, 5.74) is 1.74. The summed E-state index contributed by atoms with van der Waals surface area (Å²) in [5, 5.41) is 14.2. The minimum Gasteiger partial charge on any atom is -0.507 e. The molecule has 5 nitrogen and oxygen atoms in total. The zero-order valence-electron chi connectivity index (χ0n) is 13.1. The maximum Gasteiger partial charge on any atom is 0.283 e. The number of aromatic hydroxyl groups is 1. The van der Waals surface area contributed by atoms with Crippen LogP contribution in [0.15, 0.2) is 52.0 Å². The average molecular weight is 412 g/mol. The molecule has 2 rings (SSSR count). The Morgan fingerprint density at radius 1 is 1.29 bits per heavy atom. The molecule has 0 heterocycles. The van der Waals surface area contributed by atoms with Gasteiger partial charge >= 0.3 is 0 Å². The molecule has 126 valence electrons. The van der Waals surface area contributed by atoms with Crippen molar-refractivity contribution >= 4 is 39.7 Å². The smallest absolute Gasteiger partial charge is 0.283 e. The van der Waals surface area contributed by atoms with Crippen molar-refractivity contribution < 1.29 is 14.6 Å². The van der Waals surface area contributed by atoms with Gasteiger partial charge in [0.25, 0.3) is 5.91 Å². The second-order valence-electron chi connectivity index (χ2n) is 5.47. The van der Waals surface area contributed by atoms with Crippen molar-refractivity contribution in [3.05, 3.63) is 57.5 Å². The van der Waals surface area contributed by atoms with E-state index in [-0.39, 0.29) is 5.75 Å². The monoisotopic (exact) mass is 410 g/mol. The van der Waals surface area contributed by atoms with Crippen molar-refractivity contribution in [3.8, 4) is 11.5 Å². The van der Waals surface area contributed by atoms with Crippen LogP contribution in [0.3, 0.4) is 0 Å². The number of hydrogen-bond donors (Lipinski definition) is 2. The summed E-state index contributed by atoms with van der Waals surface area (Å²) in [6.45, 7) is 3.26. The van der Waals surface area contributed by atoms with Gasteiger partial charge in [-0.25, -0.2) is 5.43 Å². The Morgan fingerprint density at radius 2 is 1.96 bits per heavy atom. The van der Waals surface area contributed by atoms with E-state index in [1.165, 1.54) is 12.3 Å². The Morgan fingerprint density at radius 3 is 2.62 bits per heavy atom. The Kier molecular flexibility index (Phi) is 5.85. The quantitative estimate of drug-likeness (QED) is 0.574. The van der Waals surface area contributed by atoms with Crippen LogP contribution in [0.2, 0.25) is 5.02 Å². The lowest BCUT2D eigenvalue weighted by Crippen LogP contribution is -2.44. The van der Waals surface area contributed by atoms with Crippen molar-refractivity contribution in [2.24, 2.45) is 5.10 Å². The zero-order valence-corrected chi connectivity index (χ0v) is 15.4. The fraction of sp³-hybridized carbons (Fsp3) is 0.176. The number of carbonyl (C=O) groups excluding carboxylic acids is 1. The summed E-state index contributed by atoms with van der Waals surface area (Å²) >= 11 is 9.12. The Bertz CT molecular complexity index is 761. The maximum atomic E-state index is 12.2. The Labute approximate surface area is 153 Å². The van der Waals surface area contributed by atoms with Crippen LogP contribution in [-0.2, 0) is 4.79 Å². The molecule has 0 fully saturated rings. The third kappa shape index (κ3) is 4.97. The highest BCUT2D eigenvalue weighted by molar-refractivity contribution is 9.10. The average Bonchev–Trinajstić information content (AvgIpc) is 2.52. The highest BCUT2D eigenvalue weighted by Gasteiger charge is 2.29. The summed E-state index contributed by atoms with van der Waals surface area (Å²) in [7, 11) is 0. The molecule has 1 amide bonds. The Hall–Kier alpha value is -2.05. The minimum absolute atomic E-state index is 0.0628. The molecular weight excluding hydrogens is 396 g/mol. The van der Waals surface area contributed by atoms with E-state index in [2.05, 4.69) is 26.5 Å². The van der Waals surface area contributed by atoms with Crippen LogP contribution in [0.5, 0.6) is 11.5 Å². The molecule has 24 heavy (non-hydrogen) atoms. The molecule has 0 bridgehead atoms. The molecule has 0 atom stereocenters. The summed E-state index contributed by atoms with van der Waals surface area (Å²) in [6.07, 6.45) is 1.36. The van der Waals surface area contributed by atoms with E-state index in [0.29, 0.717) is 16.3 Å². The molecule has 0 saturated heterocycles. The van der Waals surface area contributed by atoms with Crippen LogP contribution < -0.4 is 10.2 Å². The lowest BCUT2D eigenvalue weighted by atomic mass is 10.1. The lowest BCUT2D eigenvalue weighted by molar-refractivity contribution is -0.134. The van der Waals surface area contributed by atoms with Gasteiger partial charge in [-0.05, 0) is 56.3 Å². The van der Waals surface area contributed by atoms with Crippen LogP contribution in [0.1, 0.15) is 19.4 Å². The molecule has 2 N–H and O–H groups in total. The van der Waals surface area contributed by atoms with Gasteiger partial charge in [-0.1, -0.05) is 27.5 Å². The standard InChI is InChI=1S/C17H16BrClN2O3/c1-17(2,24-14-6-4-13(19)5-7-14)16(23)21-20-10-11-9-12(18)3-8-15(11)22/h3-10,22H,1-2H3,(H,21,23)/b20-10+. The topological polar surface area (TPSA) is 70.9 Å². The number of nitrogens with one attached hydrogen (secondary N) is 1. The van der Waals surface area contributed by atoms with Crippen LogP contribution in [0.25, 0.3) is 0 Å². The molecule has 7 heteroatoms. The second kappa shape index (κ2) is 7.68. The number of amides is 1. The summed E-state index contributed by atoms with van der Waals surface area (Å²) in [4.78, 5) is 12.2. The molecule has 0 saturated carbocycles. The van der Waals surface area contributed by atoms with Crippen molar-refractivity contribution in [2.45, 2.75) is 19.4 Å². The first-order chi connectivity index (χ1) is 11.3. The van der Waals surface area contributed by atoms with Gasteiger partial charge in [0.1, 0.15) is 11.5 Å². The predicted octanol–water partition coefficient (Wildman–Crippen LogP) is 4.12. The molecule has 0 aliphatic heterocycles. The number of carbonyl (C=O) groups is 1. The van der Waals surface area contributed by atoms with Gasteiger partial charge in [0.05, 0.1) is 6.21 Å². The van der Waals surface area contributed by atoms with Crippen LogP contribution >= 0.6 is 27.5 Å². The number of ether oxygens (including phenoxy) is 1. The first-order valence-electron chi connectivity index (χ1n) is 7.04. The van der Waals surface area contributed by atoms with Gasteiger partial charge < -0.3 is 9.84 Å². The van der Waals surface area contributed by atoms with Crippen LogP contribution in [0.4, 0.5) is 0 Å². The maximum absolute atomic E-state index is 12.2. The number of phenolic OH excluding ortho intramolecular Hbond substituents is 1. The number of halogens is 2. The van der Waals surface area contributed by atoms with Gasteiger partial charge in [-0.3, -0.25) is 4.79 Å². The second-order valence-corrected chi connectivity index (χ2v) is 6.82. The van der Waals surface area contributed by atoms with Crippen molar-refractivity contribution in [1.82, 2.24) is 5.43 Å². The number of hydrogen-bond acceptors (Lipinski definition) is 4. The SMILES string of the molecule is CC(C)(Oc1ccc(Cl)cc1)C(=O)N/N=C/c1cc(Br)ccc1O. The zero-order chi connectivity index (χ0) is 17.7. The normalized spacial score (nSPS) is 11.5. The van der Waals surface area contributed by atoms with Gasteiger partial charge in [0.2, 0.25) is 0 Å². The summed E-state index contributed by atoms with van der Waals surface area (Å²) < 4.78 is 6.45. The molecule has 0 aliphatic rings. The van der Waals surface area contributed by atoms with E-state index in [1.807, 2.05) is 0 Å². The van der Waals surface area contributed by atoms with E-state index in [0.717, 1.165) is 4.47 Å². The van der Waals surface area contributed by atoms with Gasteiger partial charge in [-0.15, -0.1) is 0 Å². The lowest BCUT2D eigenvalue weighted by Gasteiger charge is -2.24. The van der Waals surface area contributed by atoms with E-state index in [9.17, 15) is 9.90 Å².